The van der Waals surface area contributed by atoms with E-state index in [2.05, 4.69) is 45.4 Å². The van der Waals surface area contributed by atoms with Gasteiger partial charge < -0.3 is 19.7 Å². The SMILES string of the molecule is CCNC(=NCc1csc(CC)n1)N1CCN(Cc2cc(OC)ccc2OC)CC1.I. The van der Waals surface area contributed by atoms with E-state index in [9.17, 15) is 0 Å². The molecule has 0 saturated carbocycles. The standard InChI is InChI=1S/C22H33N5O2S.HI/c1-5-21-25-18(16-30-21)14-24-22(23-6-2)27-11-9-26(10-12-27)15-17-13-19(28-3)7-8-20(17)29-4;/h7-8,13,16H,5-6,9-12,14-15H2,1-4H3,(H,23,24);1H. The van der Waals surface area contributed by atoms with Crippen molar-refractivity contribution in [1.82, 2.24) is 20.1 Å². The minimum Gasteiger partial charge on any atom is -0.497 e. The molecule has 0 spiro atoms. The molecule has 3 rings (SSSR count). The average Bonchev–Trinajstić information content (AvgIpc) is 3.25. The lowest BCUT2D eigenvalue weighted by Crippen LogP contribution is -2.52. The molecule has 0 bridgehead atoms. The Hall–Kier alpha value is -1.59. The number of benzene rings is 1. The zero-order valence-corrected chi connectivity index (χ0v) is 22.0. The second-order valence-corrected chi connectivity index (χ2v) is 8.14. The Morgan fingerprint density at radius 1 is 1.16 bits per heavy atom. The third-order valence-electron chi connectivity index (χ3n) is 5.18. The van der Waals surface area contributed by atoms with Gasteiger partial charge in [-0.2, -0.15) is 0 Å². The Morgan fingerprint density at radius 2 is 1.94 bits per heavy atom. The van der Waals surface area contributed by atoms with E-state index in [0.29, 0.717) is 6.54 Å². The van der Waals surface area contributed by atoms with Gasteiger partial charge in [0.25, 0.3) is 0 Å². The van der Waals surface area contributed by atoms with Crippen LogP contribution in [0.1, 0.15) is 30.1 Å². The number of hydrogen-bond donors (Lipinski definition) is 1. The normalized spacial score (nSPS) is 14.8. The molecule has 1 aromatic carbocycles. The van der Waals surface area contributed by atoms with Crippen LogP contribution in [0.15, 0.2) is 28.6 Å². The van der Waals surface area contributed by atoms with Gasteiger partial charge in [0.05, 0.1) is 31.5 Å². The van der Waals surface area contributed by atoms with E-state index in [1.165, 1.54) is 5.01 Å². The molecule has 1 aromatic heterocycles. The first-order valence-electron chi connectivity index (χ1n) is 10.6. The highest BCUT2D eigenvalue weighted by Crippen LogP contribution is 2.25. The van der Waals surface area contributed by atoms with Gasteiger partial charge in [-0.25, -0.2) is 9.98 Å². The Morgan fingerprint density at radius 3 is 2.55 bits per heavy atom. The number of nitrogens with zero attached hydrogens (tertiary/aromatic N) is 4. The summed E-state index contributed by atoms with van der Waals surface area (Å²) in [5.41, 5.74) is 2.21. The van der Waals surface area contributed by atoms with Gasteiger partial charge in [-0.05, 0) is 31.5 Å². The van der Waals surface area contributed by atoms with Gasteiger partial charge in [0.15, 0.2) is 5.96 Å². The van der Waals surface area contributed by atoms with Crippen molar-refractivity contribution in [1.29, 1.82) is 0 Å². The van der Waals surface area contributed by atoms with Crippen LogP contribution in [0.25, 0.3) is 0 Å². The molecule has 9 heteroatoms. The maximum Gasteiger partial charge on any atom is 0.194 e. The highest BCUT2D eigenvalue weighted by Gasteiger charge is 2.21. The van der Waals surface area contributed by atoms with Crippen molar-refractivity contribution >= 4 is 41.3 Å². The van der Waals surface area contributed by atoms with E-state index >= 15 is 0 Å². The zero-order chi connectivity index (χ0) is 21.3. The molecule has 1 saturated heterocycles. The number of piperazine rings is 1. The fourth-order valence-corrected chi connectivity index (χ4v) is 4.27. The fourth-order valence-electron chi connectivity index (χ4n) is 3.53. The third kappa shape index (κ3) is 7.21. The topological polar surface area (TPSA) is 62.2 Å². The predicted molar refractivity (Wildman–Crippen MR) is 138 cm³/mol. The Kier molecular flexibility index (Phi) is 10.8. The summed E-state index contributed by atoms with van der Waals surface area (Å²) < 4.78 is 10.9. The number of methoxy groups -OCH3 is 2. The highest BCUT2D eigenvalue weighted by molar-refractivity contribution is 14.0. The summed E-state index contributed by atoms with van der Waals surface area (Å²) in [4.78, 5) is 14.3. The van der Waals surface area contributed by atoms with Gasteiger partial charge in [0, 0.05) is 50.2 Å². The maximum atomic E-state index is 5.53. The molecule has 7 nitrogen and oxygen atoms in total. The van der Waals surface area contributed by atoms with E-state index < -0.39 is 0 Å². The number of thiazole rings is 1. The summed E-state index contributed by atoms with van der Waals surface area (Å²) in [6.45, 7) is 10.4. The third-order valence-corrected chi connectivity index (χ3v) is 6.22. The van der Waals surface area contributed by atoms with Crippen LogP contribution < -0.4 is 14.8 Å². The van der Waals surface area contributed by atoms with Crippen LogP contribution in [0.5, 0.6) is 11.5 Å². The molecule has 0 unspecified atom stereocenters. The van der Waals surface area contributed by atoms with Crippen molar-refractivity contribution in [2.45, 2.75) is 33.4 Å². The monoisotopic (exact) mass is 559 g/mol. The summed E-state index contributed by atoms with van der Waals surface area (Å²) in [6.07, 6.45) is 0.981. The number of hydrogen-bond acceptors (Lipinski definition) is 6. The van der Waals surface area contributed by atoms with Gasteiger partial charge >= 0.3 is 0 Å². The number of guanidine groups is 1. The molecule has 0 radical (unpaired) electrons. The largest absolute Gasteiger partial charge is 0.497 e. The van der Waals surface area contributed by atoms with Crippen LogP contribution in [-0.2, 0) is 19.5 Å². The van der Waals surface area contributed by atoms with Crippen molar-refractivity contribution < 1.29 is 9.47 Å². The quantitative estimate of drug-likeness (QED) is 0.303. The van der Waals surface area contributed by atoms with E-state index in [1.807, 2.05) is 12.1 Å². The lowest BCUT2D eigenvalue weighted by molar-refractivity contribution is 0.171. The second-order valence-electron chi connectivity index (χ2n) is 7.20. The predicted octanol–water partition coefficient (Wildman–Crippen LogP) is 3.62. The molecule has 0 atom stereocenters. The molecular formula is C22H34IN5O2S. The van der Waals surface area contributed by atoms with Crippen molar-refractivity contribution in [3.05, 3.63) is 39.8 Å². The van der Waals surface area contributed by atoms with Gasteiger partial charge in [-0.15, -0.1) is 35.3 Å². The highest BCUT2D eigenvalue weighted by atomic mass is 127. The summed E-state index contributed by atoms with van der Waals surface area (Å²) in [7, 11) is 3.41. The summed E-state index contributed by atoms with van der Waals surface area (Å²) in [5, 5.41) is 6.73. The van der Waals surface area contributed by atoms with E-state index in [1.54, 1.807) is 25.6 Å². The molecule has 1 N–H and O–H groups in total. The lowest BCUT2D eigenvalue weighted by atomic mass is 10.1. The van der Waals surface area contributed by atoms with Crippen LogP contribution in [0.4, 0.5) is 0 Å². The molecule has 1 aliphatic heterocycles. The molecule has 0 amide bonds. The van der Waals surface area contributed by atoms with Crippen molar-refractivity contribution in [2.24, 2.45) is 4.99 Å². The van der Waals surface area contributed by atoms with Crippen molar-refractivity contribution in [2.75, 3.05) is 46.9 Å². The van der Waals surface area contributed by atoms with Crippen LogP contribution in [0.3, 0.4) is 0 Å². The minimum atomic E-state index is 0. The first-order valence-corrected chi connectivity index (χ1v) is 11.4. The van der Waals surface area contributed by atoms with Crippen molar-refractivity contribution in [3.8, 4) is 11.5 Å². The van der Waals surface area contributed by atoms with Gasteiger partial charge in [-0.1, -0.05) is 6.92 Å². The number of aromatic nitrogens is 1. The first-order chi connectivity index (χ1) is 14.7. The van der Waals surface area contributed by atoms with Gasteiger partial charge in [-0.3, -0.25) is 4.90 Å². The smallest absolute Gasteiger partial charge is 0.194 e. The van der Waals surface area contributed by atoms with Crippen LogP contribution >= 0.6 is 35.3 Å². The zero-order valence-electron chi connectivity index (χ0n) is 18.9. The molecule has 0 aliphatic carbocycles. The average molecular weight is 560 g/mol. The Bertz CT molecular complexity index is 837. The first kappa shape index (κ1) is 25.7. The summed E-state index contributed by atoms with van der Waals surface area (Å²) >= 11 is 1.72. The molecular weight excluding hydrogens is 525 g/mol. The maximum absolute atomic E-state index is 5.53. The van der Waals surface area contributed by atoms with Crippen LogP contribution in [0.2, 0.25) is 0 Å². The lowest BCUT2D eigenvalue weighted by Gasteiger charge is -2.36. The number of aliphatic imine (C=N–C) groups is 1. The Labute approximate surface area is 206 Å². The van der Waals surface area contributed by atoms with Crippen LogP contribution in [0, 0.1) is 0 Å². The second kappa shape index (κ2) is 13.1. The summed E-state index contributed by atoms with van der Waals surface area (Å²) in [6, 6.07) is 5.98. The number of halogens is 1. The molecule has 172 valence electrons. The molecule has 1 aliphatic rings. The number of rotatable bonds is 8. The minimum absolute atomic E-state index is 0. The number of nitrogens with one attached hydrogen (secondary N) is 1. The number of aryl methyl sites for hydroxylation is 1. The van der Waals surface area contributed by atoms with Crippen LogP contribution in [-0.4, -0.2) is 67.7 Å². The molecule has 2 heterocycles. The van der Waals surface area contributed by atoms with Gasteiger partial charge in [0.1, 0.15) is 11.5 Å². The molecule has 31 heavy (non-hydrogen) atoms. The fraction of sp³-hybridized carbons (Fsp3) is 0.545. The van der Waals surface area contributed by atoms with Crippen molar-refractivity contribution in [3.63, 3.8) is 0 Å². The van der Waals surface area contributed by atoms with E-state index in [-0.39, 0.29) is 24.0 Å². The van der Waals surface area contributed by atoms with Gasteiger partial charge in [0.2, 0.25) is 0 Å². The molecule has 1 fully saturated rings. The molecule has 2 aromatic rings. The van der Waals surface area contributed by atoms with E-state index in [0.717, 1.165) is 74.4 Å². The number of ether oxygens (including phenoxy) is 2. The van der Waals surface area contributed by atoms with E-state index in [4.69, 9.17) is 14.5 Å². The Balaban J connectivity index is 0.00000341. The summed E-state index contributed by atoms with van der Waals surface area (Å²) in [5.74, 6) is 2.74.